The molecule has 20 heavy (non-hydrogen) atoms. The topological polar surface area (TPSA) is 50.4 Å². The third-order valence-electron chi connectivity index (χ3n) is 3.22. The summed E-state index contributed by atoms with van der Waals surface area (Å²) in [7, 11) is 0. The molecule has 4 heteroatoms. The van der Waals surface area contributed by atoms with Gasteiger partial charge in [-0.3, -0.25) is 0 Å². The van der Waals surface area contributed by atoms with Gasteiger partial charge in [0.25, 0.3) is 0 Å². The summed E-state index contributed by atoms with van der Waals surface area (Å²) in [5.41, 5.74) is 2.62. The van der Waals surface area contributed by atoms with E-state index in [9.17, 15) is 9.90 Å². The average Bonchev–Trinajstić information content (AvgIpc) is 2.84. The van der Waals surface area contributed by atoms with Crippen LogP contribution in [0.25, 0.3) is 22.3 Å². The third-order valence-corrected chi connectivity index (χ3v) is 3.71. The maximum Gasteiger partial charge on any atom is 0.336 e. The highest BCUT2D eigenvalue weighted by Gasteiger charge is 2.16. The molecule has 2 aromatic carbocycles. The molecule has 0 spiro atoms. The van der Waals surface area contributed by atoms with Gasteiger partial charge in [0.2, 0.25) is 0 Å². The van der Waals surface area contributed by atoms with Crippen LogP contribution in [-0.4, -0.2) is 11.1 Å². The van der Waals surface area contributed by atoms with E-state index in [4.69, 9.17) is 4.42 Å². The zero-order valence-corrected chi connectivity index (χ0v) is 12.3. The molecule has 0 saturated heterocycles. The zero-order chi connectivity index (χ0) is 14.3. The van der Waals surface area contributed by atoms with Crippen LogP contribution < -0.4 is 0 Å². The van der Waals surface area contributed by atoms with Crippen LogP contribution in [0.3, 0.4) is 0 Å². The summed E-state index contributed by atoms with van der Waals surface area (Å²) >= 11 is 3.29. The van der Waals surface area contributed by atoms with Crippen molar-refractivity contribution in [1.82, 2.24) is 0 Å². The van der Waals surface area contributed by atoms with Crippen molar-refractivity contribution in [2.24, 2.45) is 0 Å². The van der Waals surface area contributed by atoms with Crippen molar-refractivity contribution < 1.29 is 14.3 Å². The fraction of sp³-hybridized carbons (Fsp3) is 0.0625. The summed E-state index contributed by atoms with van der Waals surface area (Å²) in [5.74, 6) is -0.405. The Balaban J connectivity index is 2.25. The molecule has 0 radical (unpaired) electrons. The van der Waals surface area contributed by atoms with Crippen molar-refractivity contribution in [1.29, 1.82) is 0 Å². The fourth-order valence-corrected chi connectivity index (χ4v) is 2.61. The monoisotopic (exact) mass is 330 g/mol. The van der Waals surface area contributed by atoms with Crippen LogP contribution in [0.4, 0.5) is 0 Å². The molecule has 0 aliphatic heterocycles. The molecule has 1 N–H and O–H groups in total. The first-order chi connectivity index (χ1) is 9.56. The Morgan fingerprint density at radius 3 is 2.70 bits per heavy atom. The predicted molar refractivity (Wildman–Crippen MR) is 81.0 cm³/mol. The Morgan fingerprint density at radius 2 is 2.00 bits per heavy atom. The lowest BCUT2D eigenvalue weighted by atomic mass is 10.1. The highest BCUT2D eigenvalue weighted by molar-refractivity contribution is 9.10. The van der Waals surface area contributed by atoms with Gasteiger partial charge < -0.3 is 9.52 Å². The molecule has 3 rings (SSSR count). The van der Waals surface area contributed by atoms with E-state index >= 15 is 0 Å². The van der Waals surface area contributed by atoms with E-state index in [-0.39, 0.29) is 5.56 Å². The lowest BCUT2D eigenvalue weighted by molar-refractivity contribution is 0.0697. The number of carboxylic acid groups (broad SMARTS) is 1. The second-order valence-electron chi connectivity index (χ2n) is 4.60. The van der Waals surface area contributed by atoms with Crippen LogP contribution in [0, 0.1) is 6.92 Å². The molecule has 0 aliphatic rings. The fourth-order valence-electron chi connectivity index (χ4n) is 2.25. The number of para-hydroxylation sites is 1. The van der Waals surface area contributed by atoms with Crippen molar-refractivity contribution in [2.75, 3.05) is 0 Å². The number of halogens is 1. The summed E-state index contributed by atoms with van der Waals surface area (Å²) in [4.78, 5) is 11.4. The van der Waals surface area contributed by atoms with Gasteiger partial charge in [-0.1, -0.05) is 34.1 Å². The van der Waals surface area contributed by atoms with Gasteiger partial charge in [-0.15, -0.1) is 0 Å². The lowest BCUT2D eigenvalue weighted by Gasteiger charge is -2.03. The van der Waals surface area contributed by atoms with Crippen molar-refractivity contribution in [3.05, 3.63) is 58.1 Å². The molecule has 1 heterocycles. The van der Waals surface area contributed by atoms with Crippen molar-refractivity contribution in [3.8, 4) is 11.3 Å². The Bertz CT molecular complexity index is 818. The van der Waals surface area contributed by atoms with Gasteiger partial charge in [0.15, 0.2) is 0 Å². The minimum absolute atomic E-state index is 0.219. The Hall–Kier alpha value is -2.07. The Labute approximate surface area is 124 Å². The molecule has 0 amide bonds. The highest BCUT2D eigenvalue weighted by Crippen LogP contribution is 2.32. The zero-order valence-electron chi connectivity index (χ0n) is 10.7. The van der Waals surface area contributed by atoms with Gasteiger partial charge in [0.1, 0.15) is 11.3 Å². The first-order valence-electron chi connectivity index (χ1n) is 6.08. The first-order valence-corrected chi connectivity index (χ1v) is 6.88. The van der Waals surface area contributed by atoms with Crippen LogP contribution in [0.2, 0.25) is 0 Å². The number of benzene rings is 2. The van der Waals surface area contributed by atoms with Gasteiger partial charge in [0, 0.05) is 15.4 Å². The number of carbonyl (C=O) groups is 1. The van der Waals surface area contributed by atoms with E-state index in [1.54, 1.807) is 12.1 Å². The molecular formula is C16H11BrO3. The van der Waals surface area contributed by atoms with Crippen molar-refractivity contribution >= 4 is 32.9 Å². The number of rotatable bonds is 2. The maximum absolute atomic E-state index is 11.4. The summed E-state index contributed by atoms with van der Waals surface area (Å²) in [6.45, 7) is 1.97. The summed E-state index contributed by atoms with van der Waals surface area (Å²) in [6.07, 6.45) is 0. The number of aromatic carboxylic acids is 1. The second-order valence-corrected chi connectivity index (χ2v) is 5.51. The minimum atomic E-state index is -0.974. The van der Waals surface area contributed by atoms with Crippen LogP contribution in [0.1, 0.15) is 15.9 Å². The number of hydrogen-bond donors (Lipinski definition) is 1. The Kier molecular flexibility index (Phi) is 3.10. The standard InChI is InChI=1S/C16H11BrO3/c1-9-3-2-4-10-7-14(20-15(9)10)12-6-5-11(17)8-13(12)16(18)19/h2-8H,1H3,(H,18,19). The third kappa shape index (κ3) is 2.12. The lowest BCUT2D eigenvalue weighted by Crippen LogP contribution is -1.98. The van der Waals surface area contributed by atoms with Crippen LogP contribution in [0.15, 0.2) is 51.4 Å². The normalized spacial score (nSPS) is 10.9. The molecule has 3 aromatic rings. The van der Waals surface area contributed by atoms with Crippen LogP contribution in [-0.2, 0) is 0 Å². The van der Waals surface area contributed by atoms with E-state index in [0.29, 0.717) is 11.3 Å². The molecule has 0 saturated carbocycles. The molecule has 0 aliphatic carbocycles. The number of aryl methyl sites for hydroxylation is 1. The van der Waals surface area contributed by atoms with Gasteiger partial charge >= 0.3 is 5.97 Å². The molecular weight excluding hydrogens is 320 g/mol. The van der Waals surface area contributed by atoms with Crippen LogP contribution in [0.5, 0.6) is 0 Å². The van der Waals surface area contributed by atoms with Gasteiger partial charge in [-0.25, -0.2) is 4.79 Å². The van der Waals surface area contributed by atoms with E-state index in [2.05, 4.69) is 15.9 Å². The Morgan fingerprint density at radius 1 is 1.20 bits per heavy atom. The molecule has 3 nitrogen and oxygen atoms in total. The number of fused-ring (bicyclic) bond motifs is 1. The average molecular weight is 331 g/mol. The molecule has 0 unspecified atom stereocenters. The van der Waals surface area contributed by atoms with Crippen molar-refractivity contribution in [3.63, 3.8) is 0 Å². The number of furan rings is 1. The second kappa shape index (κ2) is 4.80. The highest BCUT2D eigenvalue weighted by atomic mass is 79.9. The molecule has 0 bridgehead atoms. The maximum atomic E-state index is 11.4. The van der Waals surface area contributed by atoms with E-state index < -0.39 is 5.97 Å². The van der Waals surface area contributed by atoms with E-state index in [1.165, 1.54) is 0 Å². The van der Waals surface area contributed by atoms with Crippen molar-refractivity contribution in [2.45, 2.75) is 6.92 Å². The molecule has 0 atom stereocenters. The number of carboxylic acids is 1. The predicted octanol–water partition coefficient (Wildman–Crippen LogP) is 4.87. The van der Waals surface area contributed by atoms with Gasteiger partial charge in [0.05, 0.1) is 5.56 Å². The quantitative estimate of drug-likeness (QED) is 0.729. The van der Waals surface area contributed by atoms with E-state index in [1.807, 2.05) is 37.3 Å². The summed E-state index contributed by atoms with van der Waals surface area (Å²) in [6, 6.07) is 12.9. The molecule has 1 aromatic heterocycles. The van der Waals surface area contributed by atoms with Gasteiger partial charge in [-0.05, 0) is 36.8 Å². The summed E-state index contributed by atoms with van der Waals surface area (Å²) in [5, 5.41) is 10.3. The SMILES string of the molecule is Cc1cccc2cc(-c3ccc(Br)cc3C(=O)O)oc12. The summed E-state index contributed by atoms with van der Waals surface area (Å²) < 4.78 is 6.56. The smallest absolute Gasteiger partial charge is 0.336 e. The minimum Gasteiger partial charge on any atom is -0.478 e. The molecule has 100 valence electrons. The largest absolute Gasteiger partial charge is 0.478 e. The van der Waals surface area contributed by atoms with Crippen LogP contribution >= 0.6 is 15.9 Å². The van der Waals surface area contributed by atoms with E-state index in [0.717, 1.165) is 21.0 Å². The first kappa shape index (κ1) is 12.9. The van der Waals surface area contributed by atoms with Gasteiger partial charge in [-0.2, -0.15) is 0 Å². The number of hydrogen-bond acceptors (Lipinski definition) is 2. The molecule has 0 fully saturated rings.